The van der Waals surface area contributed by atoms with E-state index >= 15 is 0 Å². The minimum Gasteiger partial charge on any atom is -0.504 e. The number of carbonyl (C=O) groups is 4. The molecule has 0 aromatic heterocycles. The van der Waals surface area contributed by atoms with Gasteiger partial charge < -0.3 is 39.6 Å². The van der Waals surface area contributed by atoms with Crippen molar-refractivity contribution in [3.05, 3.63) is 11.3 Å². The first-order valence-corrected chi connectivity index (χ1v) is 11.5. The van der Waals surface area contributed by atoms with Crippen molar-refractivity contribution in [1.29, 1.82) is 0 Å². The van der Waals surface area contributed by atoms with Crippen LogP contribution in [0.5, 0.6) is 0 Å². The number of esters is 2. The number of rotatable bonds is 2. The van der Waals surface area contributed by atoms with Gasteiger partial charge in [0.2, 0.25) is 11.7 Å². The molecule has 10 atom stereocenters. The largest absolute Gasteiger partial charge is 0.504 e. The number of aliphatic hydroxyl groups excluding tert-OH is 3. The highest BCUT2D eigenvalue weighted by molar-refractivity contribution is 5.95. The van der Waals surface area contributed by atoms with E-state index in [2.05, 4.69) is 5.32 Å². The number of fused-ring (bicyclic) bond motifs is 2. The maximum Gasteiger partial charge on any atom is 0.407 e. The number of methoxy groups -OCH3 is 1. The molecule has 192 valence electrons. The molecule has 2 bridgehead atoms. The Morgan fingerprint density at radius 3 is 2.51 bits per heavy atom. The summed E-state index contributed by atoms with van der Waals surface area (Å²) in [6.07, 6.45) is -6.95. The first kappa shape index (κ1) is 24.0. The summed E-state index contributed by atoms with van der Waals surface area (Å²) in [7, 11) is 2.38. The summed E-state index contributed by atoms with van der Waals surface area (Å²) in [5, 5.41) is 35.6. The van der Waals surface area contributed by atoms with Crippen molar-refractivity contribution in [3.63, 3.8) is 0 Å². The lowest BCUT2D eigenvalue weighted by Crippen LogP contribution is -2.79. The quantitative estimate of drug-likeness (QED) is 0.283. The topological polar surface area (TPSA) is 178 Å². The summed E-state index contributed by atoms with van der Waals surface area (Å²) in [6, 6.07) is 0. The van der Waals surface area contributed by atoms with Gasteiger partial charge in [-0.2, -0.15) is 0 Å². The Hall–Kier alpha value is -2.70. The Morgan fingerprint density at radius 2 is 1.89 bits per heavy atom. The molecule has 5 aliphatic rings. The highest BCUT2D eigenvalue weighted by atomic mass is 16.6. The number of Topliss-reactive ketones (excluding diaryl/α,β-unsaturated/α-hetero) is 1. The third kappa shape index (κ3) is 2.62. The molecule has 2 saturated heterocycles. The lowest BCUT2D eigenvalue weighted by Gasteiger charge is -2.67. The molecule has 2 aliphatic heterocycles. The third-order valence-electron chi connectivity index (χ3n) is 9.28. The second-order valence-corrected chi connectivity index (χ2v) is 10.5. The predicted molar refractivity (Wildman–Crippen MR) is 113 cm³/mol. The fourth-order valence-electron chi connectivity index (χ4n) is 8.03. The zero-order valence-corrected chi connectivity index (χ0v) is 19.8. The Morgan fingerprint density at radius 1 is 1.20 bits per heavy atom. The van der Waals surface area contributed by atoms with Gasteiger partial charge in [-0.3, -0.25) is 4.79 Å². The van der Waals surface area contributed by atoms with Crippen LogP contribution in [0.4, 0.5) is 4.79 Å². The van der Waals surface area contributed by atoms with E-state index in [0.29, 0.717) is 5.57 Å². The fourth-order valence-corrected chi connectivity index (χ4v) is 8.03. The average molecular weight is 495 g/mol. The lowest BCUT2D eigenvalue weighted by molar-refractivity contribution is -0.288. The second kappa shape index (κ2) is 7.40. The van der Waals surface area contributed by atoms with Gasteiger partial charge in [-0.05, 0) is 30.3 Å². The van der Waals surface area contributed by atoms with E-state index in [1.807, 2.05) is 0 Å². The van der Waals surface area contributed by atoms with Crippen molar-refractivity contribution in [2.45, 2.75) is 56.7 Å². The van der Waals surface area contributed by atoms with E-state index < -0.39 is 82.4 Å². The highest BCUT2D eigenvalue weighted by Crippen LogP contribution is 2.72. The van der Waals surface area contributed by atoms with Crippen LogP contribution < -0.4 is 5.32 Å². The van der Waals surface area contributed by atoms with Crippen molar-refractivity contribution >= 4 is 23.8 Å². The summed E-state index contributed by atoms with van der Waals surface area (Å²) in [6.45, 7) is 3.17. The number of hydrogen-bond acceptors (Lipinski definition) is 11. The van der Waals surface area contributed by atoms with Crippen LogP contribution in [0.15, 0.2) is 11.3 Å². The van der Waals surface area contributed by atoms with Crippen LogP contribution in [0.25, 0.3) is 0 Å². The second-order valence-electron chi connectivity index (χ2n) is 10.5. The molecule has 10 unspecified atom stereocenters. The molecule has 1 amide bonds. The van der Waals surface area contributed by atoms with Crippen LogP contribution in [0, 0.1) is 28.6 Å². The van der Waals surface area contributed by atoms with Crippen LogP contribution in [-0.2, 0) is 33.3 Å². The smallest absolute Gasteiger partial charge is 0.407 e. The summed E-state index contributed by atoms with van der Waals surface area (Å²) >= 11 is 0. The number of ether oxygens (including phenoxy) is 4. The molecule has 3 aliphatic carbocycles. The molecule has 2 heterocycles. The summed E-state index contributed by atoms with van der Waals surface area (Å²) in [4.78, 5) is 51.3. The Bertz CT molecular complexity index is 1060. The molecule has 0 radical (unpaired) electrons. The number of carbonyl (C=O) groups excluding carboxylic acids is 4. The van der Waals surface area contributed by atoms with Gasteiger partial charge in [0.1, 0.15) is 12.2 Å². The molecule has 0 aromatic carbocycles. The maximum absolute atomic E-state index is 13.2. The molecule has 12 heteroatoms. The van der Waals surface area contributed by atoms with Gasteiger partial charge >= 0.3 is 18.0 Å². The summed E-state index contributed by atoms with van der Waals surface area (Å²) < 4.78 is 22.1. The monoisotopic (exact) mass is 495 g/mol. The number of ketones is 1. The Labute approximate surface area is 200 Å². The summed E-state index contributed by atoms with van der Waals surface area (Å²) in [5.41, 5.74) is -4.10. The van der Waals surface area contributed by atoms with Crippen molar-refractivity contribution in [3.8, 4) is 0 Å². The summed E-state index contributed by atoms with van der Waals surface area (Å²) in [5.74, 6) is -5.48. The molecule has 0 aromatic rings. The van der Waals surface area contributed by atoms with E-state index in [0.717, 1.165) is 7.11 Å². The molecule has 35 heavy (non-hydrogen) atoms. The maximum atomic E-state index is 13.2. The minimum atomic E-state index is -2.21. The lowest BCUT2D eigenvalue weighted by atomic mass is 9.38. The predicted octanol–water partition coefficient (Wildman–Crippen LogP) is -0.636. The van der Waals surface area contributed by atoms with Crippen molar-refractivity contribution in [2.24, 2.45) is 28.6 Å². The first-order chi connectivity index (χ1) is 16.4. The van der Waals surface area contributed by atoms with Crippen molar-refractivity contribution < 1.29 is 53.4 Å². The highest BCUT2D eigenvalue weighted by Gasteiger charge is 2.85. The zero-order chi connectivity index (χ0) is 25.7. The SMILES string of the molecule is CNC(=O)OC1C(=O)OC2CC3C(C)=C(O)C(=O)CC3(C)C3C(O)C(O)C4(C(=O)OC)OCC23C14. The van der Waals surface area contributed by atoms with Crippen LogP contribution in [0.1, 0.15) is 26.7 Å². The van der Waals surface area contributed by atoms with Crippen LogP contribution >= 0.6 is 0 Å². The normalized spacial score (nSPS) is 47.9. The molecular formula is C23H29NO11. The molecular weight excluding hydrogens is 466 g/mol. The van der Waals surface area contributed by atoms with E-state index in [1.54, 1.807) is 13.8 Å². The van der Waals surface area contributed by atoms with Gasteiger partial charge in [0.05, 0.1) is 25.7 Å². The molecule has 1 spiro atoms. The van der Waals surface area contributed by atoms with E-state index in [4.69, 9.17) is 18.9 Å². The van der Waals surface area contributed by atoms with Gasteiger partial charge in [-0.15, -0.1) is 0 Å². The van der Waals surface area contributed by atoms with Gasteiger partial charge in [-0.1, -0.05) is 6.92 Å². The molecule has 2 saturated carbocycles. The molecule has 12 nitrogen and oxygen atoms in total. The van der Waals surface area contributed by atoms with E-state index in [-0.39, 0.29) is 25.2 Å². The van der Waals surface area contributed by atoms with Crippen LogP contribution in [0.2, 0.25) is 0 Å². The molecule has 5 rings (SSSR count). The van der Waals surface area contributed by atoms with E-state index in [9.17, 15) is 34.5 Å². The average Bonchev–Trinajstić information content (AvgIpc) is 3.13. The van der Waals surface area contributed by atoms with Crippen LogP contribution in [-0.4, -0.2) is 89.9 Å². The van der Waals surface area contributed by atoms with Gasteiger partial charge in [0.25, 0.3) is 0 Å². The number of alkyl carbamates (subject to hydrolysis) is 1. The van der Waals surface area contributed by atoms with Gasteiger partial charge in [-0.25, -0.2) is 14.4 Å². The third-order valence-corrected chi connectivity index (χ3v) is 9.28. The van der Waals surface area contributed by atoms with Gasteiger partial charge in [0, 0.05) is 24.8 Å². The first-order valence-electron chi connectivity index (χ1n) is 11.5. The zero-order valence-electron chi connectivity index (χ0n) is 19.8. The van der Waals surface area contributed by atoms with E-state index in [1.165, 1.54) is 7.05 Å². The number of nitrogens with one attached hydrogen (secondary N) is 1. The number of amides is 1. The van der Waals surface area contributed by atoms with Gasteiger partial charge in [0.15, 0.2) is 11.5 Å². The number of hydrogen-bond donors (Lipinski definition) is 4. The Kier molecular flexibility index (Phi) is 5.08. The van der Waals surface area contributed by atoms with Crippen molar-refractivity contribution in [1.82, 2.24) is 5.32 Å². The fraction of sp³-hybridized carbons (Fsp3) is 0.739. The molecule has 4 N–H and O–H groups in total. The van der Waals surface area contributed by atoms with Crippen LogP contribution in [0.3, 0.4) is 0 Å². The van der Waals surface area contributed by atoms with Crippen molar-refractivity contribution in [2.75, 3.05) is 20.8 Å². The Balaban J connectivity index is 1.76. The standard InChI is InChI=1S/C23H29NO11/c1-8-9-5-11-22-7-33-23(19(30)32-4,16(22)14(18(29)34-11)35-20(31)24-3)17(28)13(27)15(22)21(9,2)6-10(25)12(8)26/h9,11,13-17,26-28H,5-7H2,1-4H3,(H,24,31). The minimum absolute atomic E-state index is 0.142. The number of allylic oxidation sites excluding steroid dienone is 2. The molecule has 4 fully saturated rings. The number of aliphatic hydroxyl groups is 3.